The lowest BCUT2D eigenvalue weighted by Gasteiger charge is -1.94. The molecule has 0 amide bonds. The van der Waals surface area contributed by atoms with Crippen molar-refractivity contribution in [2.75, 3.05) is 0 Å². The van der Waals surface area contributed by atoms with Crippen molar-refractivity contribution in [1.29, 1.82) is 10.8 Å². The van der Waals surface area contributed by atoms with Crippen molar-refractivity contribution in [3.63, 3.8) is 0 Å². The highest BCUT2D eigenvalue weighted by molar-refractivity contribution is 6.12. The van der Waals surface area contributed by atoms with Crippen LogP contribution in [0.5, 0.6) is 0 Å². The van der Waals surface area contributed by atoms with E-state index in [1.807, 2.05) is 0 Å². The molecule has 0 heterocycles. The first kappa shape index (κ1) is 14.8. The summed E-state index contributed by atoms with van der Waals surface area (Å²) >= 11 is 0. The number of carbonyl (C=O) groups excluding carboxylic acids is 2. The number of nitrogens with zero attached hydrogens (tertiary/aromatic N) is 4. The van der Waals surface area contributed by atoms with E-state index in [0.717, 1.165) is 0 Å². The smallest absolute Gasteiger partial charge is 0.289 e. The van der Waals surface area contributed by atoms with E-state index in [2.05, 4.69) is 9.95 Å². The van der Waals surface area contributed by atoms with Crippen molar-refractivity contribution in [1.82, 2.24) is 0 Å². The normalized spacial score (nSPS) is 9.91. The van der Waals surface area contributed by atoms with Gasteiger partial charge in [0.25, 0.3) is 0 Å². The standard InChI is InChI=1S/C16H10N4O2/c17-19-13-5-1-11(2-6-13)15(21)9-10-16(22)12-3-7-14(20-18)8-4-12/h1-10H/q+2. The van der Waals surface area contributed by atoms with Crippen LogP contribution in [0.15, 0.2) is 60.7 Å². The van der Waals surface area contributed by atoms with E-state index in [9.17, 15) is 9.59 Å². The highest BCUT2D eigenvalue weighted by Gasteiger charge is 2.09. The summed E-state index contributed by atoms with van der Waals surface area (Å²) < 4.78 is 0. The fourth-order valence-corrected chi connectivity index (χ4v) is 1.73. The third-order valence-electron chi connectivity index (χ3n) is 2.92. The Morgan fingerprint density at radius 1 is 0.682 bits per heavy atom. The molecule has 0 spiro atoms. The van der Waals surface area contributed by atoms with Gasteiger partial charge in [-0.1, -0.05) is 0 Å². The number of rotatable bonds is 4. The first-order chi connectivity index (χ1) is 10.6. The van der Waals surface area contributed by atoms with Gasteiger partial charge >= 0.3 is 11.4 Å². The predicted molar refractivity (Wildman–Crippen MR) is 80.2 cm³/mol. The largest absolute Gasteiger partial charge is 0.385 e. The third-order valence-corrected chi connectivity index (χ3v) is 2.92. The molecule has 2 aromatic rings. The van der Waals surface area contributed by atoms with Crippen molar-refractivity contribution < 1.29 is 9.59 Å². The van der Waals surface area contributed by atoms with Gasteiger partial charge in [-0.25, -0.2) is 0 Å². The number of allylic oxidation sites excluding steroid dienone is 2. The van der Waals surface area contributed by atoms with Crippen LogP contribution in [0.3, 0.4) is 0 Å². The average Bonchev–Trinajstić information content (AvgIpc) is 2.59. The number of hydrogen-bond acceptors (Lipinski definition) is 4. The SMILES string of the molecule is N#[N+]c1ccc(C(=O)C=CC(=O)c2ccc([N+]#N)cc2)cc1. The van der Waals surface area contributed by atoms with Gasteiger partial charge in [0.1, 0.15) is 0 Å². The van der Waals surface area contributed by atoms with Crippen LogP contribution in [-0.4, -0.2) is 11.6 Å². The highest BCUT2D eigenvalue weighted by Crippen LogP contribution is 2.14. The first-order valence-corrected chi connectivity index (χ1v) is 6.31. The van der Waals surface area contributed by atoms with Crippen LogP contribution < -0.4 is 0 Å². The summed E-state index contributed by atoms with van der Waals surface area (Å²) in [4.78, 5) is 29.8. The van der Waals surface area contributed by atoms with Crippen LogP contribution in [0.1, 0.15) is 20.7 Å². The molecule has 6 heteroatoms. The second-order valence-electron chi connectivity index (χ2n) is 4.36. The molecule has 0 saturated carbocycles. The molecule has 0 aromatic heterocycles. The maximum Gasteiger partial charge on any atom is 0.385 e. The fourth-order valence-electron chi connectivity index (χ4n) is 1.73. The van der Waals surface area contributed by atoms with Gasteiger partial charge in [0.05, 0.1) is 0 Å². The van der Waals surface area contributed by atoms with Crippen molar-refractivity contribution in [3.8, 4) is 0 Å². The molecule has 0 saturated heterocycles. The number of ketones is 2. The summed E-state index contributed by atoms with van der Waals surface area (Å²) in [6.45, 7) is 0. The lowest BCUT2D eigenvalue weighted by Crippen LogP contribution is -1.98. The zero-order chi connectivity index (χ0) is 15.9. The fraction of sp³-hybridized carbons (Fsp3) is 0. The first-order valence-electron chi connectivity index (χ1n) is 6.31. The maximum absolute atomic E-state index is 11.9. The Balaban J connectivity index is 2.09. The van der Waals surface area contributed by atoms with Crippen LogP contribution >= 0.6 is 0 Å². The quantitative estimate of drug-likeness (QED) is 0.477. The van der Waals surface area contributed by atoms with E-state index in [1.165, 1.54) is 60.7 Å². The molecule has 0 bridgehead atoms. The van der Waals surface area contributed by atoms with E-state index >= 15 is 0 Å². The molecule has 2 rings (SSSR count). The molecule has 2 aromatic carbocycles. The third kappa shape index (κ3) is 3.47. The topological polar surface area (TPSA) is 90.4 Å². The Labute approximate surface area is 126 Å². The van der Waals surface area contributed by atoms with Crippen LogP contribution in [-0.2, 0) is 0 Å². The van der Waals surface area contributed by atoms with Crippen LogP contribution in [0.4, 0.5) is 11.4 Å². The Bertz CT molecular complexity index is 751. The van der Waals surface area contributed by atoms with Gasteiger partial charge in [0.2, 0.25) is 10.8 Å². The zero-order valence-electron chi connectivity index (χ0n) is 11.4. The van der Waals surface area contributed by atoms with Crippen LogP contribution in [0.2, 0.25) is 0 Å². The van der Waals surface area contributed by atoms with E-state index in [1.54, 1.807) is 0 Å². The lowest BCUT2D eigenvalue weighted by molar-refractivity contribution is 0.102. The van der Waals surface area contributed by atoms with Gasteiger partial charge in [-0.3, -0.25) is 9.59 Å². The van der Waals surface area contributed by atoms with E-state index in [4.69, 9.17) is 10.8 Å². The van der Waals surface area contributed by atoms with Gasteiger partial charge in [-0.15, -0.1) is 0 Å². The van der Waals surface area contributed by atoms with Gasteiger partial charge < -0.3 is 0 Å². The summed E-state index contributed by atoms with van der Waals surface area (Å²) in [7, 11) is 0. The van der Waals surface area contributed by atoms with E-state index < -0.39 is 0 Å². The van der Waals surface area contributed by atoms with Gasteiger partial charge in [-0.2, -0.15) is 0 Å². The molecule has 0 unspecified atom stereocenters. The second-order valence-corrected chi connectivity index (χ2v) is 4.36. The Morgan fingerprint density at radius 2 is 1.00 bits per heavy atom. The molecular formula is C16H10N4O2+2. The molecule has 0 fully saturated rings. The molecule has 0 atom stereocenters. The number of diazo groups is 2. The molecule has 0 aliphatic carbocycles. The Morgan fingerprint density at radius 3 is 1.27 bits per heavy atom. The van der Waals surface area contributed by atoms with Gasteiger partial charge in [0.15, 0.2) is 21.5 Å². The number of carbonyl (C=O) groups is 2. The predicted octanol–water partition coefficient (Wildman–Crippen LogP) is 4.28. The molecule has 0 aliphatic rings. The molecule has 0 N–H and O–H groups in total. The monoisotopic (exact) mass is 290 g/mol. The zero-order valence-corrected chi connectivity index (χ0v) is 11.4. The van der Waals surface area contributed by atoms with Crippen molar-refractivity contribution in [2.45, 2.75) is 0 Å². The van der Waals surface area contributed by atoms with E-state index in [0.29, 0.717) is 22.5 Å². The minimum absolute atomic E-state index is 0.334. The highest BCUT2D eigenvalue weighted by atomic mass is 16.1. The molecule has 104 valence electrons. The van der Waals surface area contributed by atoms with Crippen molar-refractivity contribution in [2.24, 2.45) is 0 Å². The number of benzene rings is 2. The second kappa shape index (κ2) is 6.69. The summed E-state index contributed by atoms with van der Waals surface area (Å²) in [5.74, 6) is -0.667. The molecule has 22 heavy (non-hydrogen) atoms. The molecular weight excluding hydrogens is 280 g/mol. The van der Waals surface area contributed by atoms with Crippen LogP contribution in [0.25, 0.3) is 9.95 Å². The minimum Gasteiger partial charge on any atom is -0.289 e. The summed E-state index contributed by atoms with van der Waals surface area (Å²) in [5.41, 5.74) is 1.44. The molecule has 6 nitrogen and oxygen atoms in total. The summed E-state index contributed by atoms with van der Waals surface area (Å²) in [5, 5.41) is 17.1. The maximum atomic E-state index is 11.9. The summed E-state index contributed by atoms with van der Waals surface area (Å²) in [6, 6.07) is 12.0. The summed E-state index contributed by atoms with van der Waals surface area (Å²) in [6.07, 6.45) is 2.36. The van der Waals surface area contributed by atoms with Gasteiger partial charge in [-0.05, 0) is 36.4 Å². The van der Waals surface area contributed by atoms with Crippen molar-refractivity contribution in [3.05, 3.63) is 81.8 Å². The minimum atomic E-state index is -0.334. The molecule has 0 radical (unpaired) electrons. The Hall–Kier alpha value is -3.64. The molecule has 0 aliphatic heterocycles. The van der Waals surface area contributed by atoms with Crippen molar-refractivity contribution >= 4 is 22.9 Å². The Kier molecular flexibility index (Phi) is 4.49. The van der Waals surface area contributed by atoms with Crippen LogP contribution in [0, 0.1) is 10.8 Å². The van der Waals surface area contributed by atoms with Gasteiger partial charge in [0, 0.05) is 35.4 Å². The average molecular weight is 290 g/mol. The van der Waals surface area contributed by atoms with E-state index in [-0.39, 0.29) is 11.6 Å². The number of hydrogen-bond donors (Lipinski definition) is 0. The lowest BCUT2D eigenvalue weighted by atomic mass is 10.1.